The highest BCUT2D eigenvalue weighted by Crippen LogP contribution is 2.22. The molecule has 0 aromatic rings. The quantitative estimate of drug-likeness (QED) is 0.415. The van der Waals surface area contributed by atoms with E-state index < -0.39 is 36.2 Å². The molecule has 0 rings (SSSR count). The summed E-state index contributed by atoms with van der Waals surface area (Å²) in [5, 5.41) is 15.4. The van der Waals surface area contributed by atoms with Gasteiger partial charge in [-0.15, -0.1) is 0 Å². The maximum absolute atomic E-state index is 11.8. The minimum atomic E-state index is -4.95. The number of hydrogen-bond donors (Lipinski definition) is 2. The summed E-state index contributed by atoms with van der Waals surface area (Å²) in [6.45, 7) is 1.32. The first-order valence-corrected chi connectivity index (χ1v) is 4.23. The van der Waals surface area contributed by atoms with Gasteiger partial charge in [-0.2, -0.15) is 13.2 Å². The lowest BCUT2D eigenvalue weighted by Gasteiger charge is -2.13. The third kappa shape index (κ3) is 4.39. The van der Waals surface area contributed by atoms with Crippen molar-refractivity contribution in [3.63, 3.8) is 0 Å². The van der Waals surface area contributed by atoms with E-state index in [0.717, 1.165) is 0 Å². The molecule has 0 amide bonds. The van der Waals surface area contributed by atoms with Gasteiger partial charge in [0.15, 0.2) is 17.6 Å². The van der Waals surface area contributed by atoms with Crippen molar-refractivity contribution in [1.29, 1.82) is 5.41 Å². The third-order valence-electron chi connectivity index (χ3n) is 1.51. The maximum atomic E-state index is 11.8. The Morgan fingerprint density at radius 2 is 1.94 bits per heavy atom. The number of aliphatic hydroxyl groups is 1. The van der Waals surface area contributed by atoms with Gasteiger partial charge in [0.05, 0.1) is 6.61 Å². The van der Waals surface area contributed by atoms with Crippen molar-refractivity contribution in [2.45, 2.75) is 25.6 Å². The monoisotopic (exact) mass is 241 g/mol. The van der Waals surface area contributed by atoms with Crippen LogP contribution < -0.4 is 0 Å². The highest BCUT2D eigenvalue weighted by molar-refractivity contribution is 6.63. The standard InChI is InChI=1S/C8H10F3NO4/c1-2-16-7(15)6(12)4(13)3-5(14)8(9,10)11/h5,12,14H,2-3H2,1H3/t5-/m1/s1. The van der Waals surface area contributed by atoms with Crippen LogP contribution in [0.15, 0.2) is 0 Å². The molecule has 0 aliphatic heterocycles. The lowest BCUT2D eigenvalue weighted by Crippen LogP contribution is -2.35. The Labute approximate surface area is 88.7 Å². The topological polar surface area (TPSA) is 87.5 Å². The van der Waals surface area contributed by atoms with E-state index in [9.17, 15) is 22.8 Å². The predicted molar refractivity (Wildman–Crippen MR) is 46.0 cm³/mol. The molecular formula is C8H10F3NO4. The van der Waals surface area contributed by atoms with Crippen LogP contribution in [0.25, 0.3) is 0 Å². The molecule has 0 spiro atoms. The van der Waals surface area contributed by atoms with Gasteiger partial charge in [-0.3, -0.25) is 10.2 Å². The number of ether oxygens (including phenoxy) is 1. The molecule has 0 fully saturated rings. The fraction of sp³-hybridized carbons (Fsp3) is 0.625. The lowest BCUT2D eigenvalue weighted by atomic mass is 10.1. The molecule has 0 saturated carbocycles. The molecule has 0 aliphatic rings. The first-order chi connectivity index (χ1) is 7.20. The van der Waals surface area contributed by atoms with Gasteiger partial charge in [0.1, 0.15) is 0 Å². The number of rotatable bonds is 5. The van der Waals surface area contributed by atoms with E-state index in [-0.39, 0.29) is 6.61 Å². The van der Waals surface area contributed by atoms with E-state index in [1.165, 1.54) is 6.92 Å². The van der Waals surface area contributed by atoms with E-state index in [1.54, 1.807) is 0 Å². The minimum Gasteiger partial charge on any atom is -0.461 e. The summed E-state index contributed by atoms with van der Waals surface area (Å²) < 4.78 is 39.7. The molecule has 0 aromatic heterocycles. The molecular weight excluding hydrogens is 231 g/mol. The molecule has 0 heterocycles. The molecule has 92 valence electrons. The van der Waals surface area contributed by atoms with Crippen molar-refractivity contribution in [3.05, 3.63) is 0 Å². The van der Waals surface area contributed by atoms with Crippen LogP contribution in [-0.4, -0.2) is 41.5 Å². The molecule has 0 aromatic carbocycles. The zero-order valence-electron chi connectivity index (χ0n) is 8.30. The fourth-order valence-electron chi connectivity index (χ4n) is 0.710. The van der Waals surface area contributed by atoms with Gasteiger partial charge in [-0.05, 0) is 6.92 Å². The fourth-order valence-corrected chi connectivity index (χ4v) is 0.710. The number of nitrogens with one attached hydrogen (secondary N) is 1. The molecule has 0 radical (unpaired) electrons. The second-order valence-corrected chi connectivity index (χ2v) is 2.78. The smallest absolute Gasteiger partial charge is 0.414 e. The number of Topliss-reactive ketones (excluding diaryl/α,β-unsaturated/α-hetero) is 1. The number of halogens is 3. The summed E-state index contributed by atoms with van der Waals surface area (Å²) in [6, 6.07) is 0. The Kier molecular flexibility index (Phi) is 5.09. The molecule has 0 unspecified atom stereocenters. The molecule has 0 saturated heterocycles. The molecule has 0 bridgehead atoms. The largest absolute Gasteiger partial charge is 0.461 e. The van der Waals surface area contributed by atoms with E-state index >= 15 is 0 Å². The summed E-state index contributed by atoms with van der Waals surface area (Å²) in [4.78, 5) is 21.7. The van der Waals surface area contributed by atoms with Gasteiger partial charge < -0.3 is 9.84 Å². The molecule has 0 aliphatic carbocycles. The van der Waals surface area contributed by atoms with Crippen LogP contribution in [0.4, 0.5) is 13.2 Å². The Morgan fingerprint density at radius 1 is 1.44 bits per heavy atom. The number of ketones is 1. The second-order valence-electron chi connectivity index (χ2n) is 2.78. The number of aliphatic hydroxyl groups excluding tert-OH is 1. The van der Waals surface area contributed by atoms with Crippen LogP contribution in [0.5, 0.6) is 0 Å². The Hall–Kier alpha value is -1.44. The number of esters is 1. The zero-order chi connectivity index (χ0) is 12.9. The highest BCUT2D eigenvalue weighted by Gasteiger charge is 2.40. The first-order valence-electron chi connectivity index (χ1n) is 4.23. The SMILES string of the molecule is CCOC(=O)C(=N)C(=O)C[C@@H](O)C(F)(F)F. The molecule has 1 atom stereocenters. The van der Waals surface area contributed by atoms with Crippen molar-refractivity contribution in [3.8, 4) is 0 Å². The summed E-state index contributed by atoms with van der Waals surface area (Å²) in [5.41, 5.74) is -1.20. The number of alkyl halides is 3. The van der Waals surface area contributed by atoms with Crippen molar-refractivity contribution in [1.82, 2.24) is 0 Å². The third-order valence-corrected chi connectivity index (χ3v) is 1.51. The minimum absolute atomic E-state index is 0.101. The van der Waals surface area contributed by atoms with Crippen LogP contribution in [0.1, 0.15) is 13.3 Å². The maximum Gasteiger partial charge on any atom is 0.414 e. The first kappa shape index (κ1) is 14.6. The van der Waals surface area contributed by atoms with Crippen LogP contribution in [-0.2, 0) is 14.3 Å². The Bertz CT molecular complexity index is 300. The van der Waals surface area contributed by atoms with Crippen LogP contribution in [0, 0.1) is 5.41 Å². The summed E-state index contributed by atoms with van der Waals surface area (Å²) in [6.07, 6.45) is -9.19. The van der Waals surface area contributed by atoms with Crippen LogP contribution >= 0.6 is 0 Å². The number of carbonyl (C=O) groups is 2. The normalized spacial score (nSPS) is 13.1. The molecule has 8 heteroatoms. The molecule has 16 heavy (non-hydrogen) atoms. The van der Waals surface area contributed by atoms with Gasteiger partial charge in [0, 0.05) is 6.42 Å². The number of carbonyl (C=O) groups excluding carboxylic acids is 2. The van der Waals surface area contributed by atoms with Gasteiger partial charge in [0.2, 0.25) is 0 Å². The summed E-state index contributed by atoms with van der Waals surface area (Å²) in [7, 11) is 0. The van der Waals surface area contributed by atoms with Crippen molar-refractivity contribution < 1.29 is 32.6 Å². The van der Waals surface area contributed by atoms with Crippen molar-refractivity contribution >= 4 is 17.5 Å². The summed E-state index contributed by atoms with van der Waals surface area (Å²) >= 11 is 0. The van der Waals surface area contributed by atoms with Crippen LogP contribution in [0.2, 0.25) is 0 Å². The van der Waals surface area contributed by atoms with Gasteiger partial charge >= 0.3 is 12.1 Å². The van der Waals surface area contributed by atoms with E-state index in [4.69, 9.17) is 10.5 Å². The summed E-state index contributed by atoms with van der Waals surface area (Å²) in [5.74, 6) is -2.72. The van der Waals surface area contributed by atoms with E-state index in [0.29, 0.717) is 0 Å². The number of hydrogen-bond acceptors (Lipinski definition) is 5. The van der Waals surface area contributed by atoms with Gasteiger partial charge in [-0.25, -0.2) is 4.79 Å². The molecule has 2 N–H and O–H groups in total. The van der Waals surface area contributed by atoms with Gasteiger partial charge in [0.25, 0.3) is 0 Å². The lowest BCUT2D eigenvalue weighted by molar-refractivity contribution is -0.204. The molecule has 5 nitrogen and oxygen atoms in total. The average molecular weight is 241 g/mol. The average Bonchev–Trinajstić information content (AvgIpc) is 2.15. The van der Waals surface area contributed by atoms with Crippen molar-refractivity contribution in [2.75, 3.05) is 6.61 Å². The van der Waals surface area contributed by atoms with E-state index in [2.05, 4.69) is 4.74 Å². The van der Waals surface area contributed by atoms with E-state index in [1.807, 2.05) is 0 Å². The highest BCUT2D eigenvalue weighted by atomic mass is 19.4. The van der Waals surface area contributed by atoms with Crippen molar-refractivity contribution in [2.24, 2.45) is 0 Å². The Morgan fingerprint density at radius 3 is 2.31 bits per heavy atom. The van der Waals surface area contributed by atoms with Gasteiger partial charge in [-0.1, -0.05) is 0 Å². The van der Waals surface area contributed by atoms with Crippen LogP contribution in [0.3, 0.4) is 0 Å². The Balaban J connectivity index is 4.38. The zero-order valence-corrected chi connectivity index (χ0v) is 8.30. The predicted octanol–water partition coefficient (Wildman–Crippen LogP) is 0.452. The second kappa shape index (κ2) is 5.59.